The minimum Gasteiger partial charge on any atom is -0.505 e. The lowest BCUT2D eigenvalue weighted by atomic mass is 9.68. The number of phenolic OH excluding ortho intramolecular Hbond substituents is 1. The minimum atomic E-state index is -0.993. The molecule has 3 N–H and O–H groups in total. The number of aliphatic hydroxyl groups is 2. The van der Waals surface area contributed by atoms with Crippen LogP contribution in [0.5, 0.6) is 11.5 Å². The van der Waals surface area contributed by atoms with E-state index in [4.69, 9.17) is 4.74 Å². The summed E-state index contributed by atoms with van der Waals surface area (Å²) in [4.78, 5) is 32.2. The van der Waals surface area contributed by atoms with Crippen molar-refractivity contribution in [2.24, 2.45) is 17.8 Å². The molecule has 0 spiro atoms. The van der Waals surface area contributed by atoms with Crippen LogP contribution in [0.15, 0.2) is 95.6 Å². The molecule has 0 aromatic heterocycles. The molecule has 3 aromatic rings. The lowest BCUT2D eigenvalue weighted by Gasteiger charge is -2.37. The van der Waals surface area contributed by atoms with E-state index in [1.807, 2.05) is 61.5 Å². The van der Waals surface area contributed by atoms with Crippen LogP contribution in [0.1, 0.15) is 63.0 Å². The fourth-order valence-electron chi connectivity index (χ4n) is 8.26. The number of likely N-dealkylation sites (tertiary alicyclic amines) is 2. The molecule has 8 nitrogen and oxygen atoms in total. The molecular formula is C42H49FN2O6. The van der Waals surface area contributed by atoms with E-state index in [2.05, 4.69) is 17.0 Å². The monoisotopic (exact) mass is 696 g/mol. The number of fused-ring (bicyclic) bond motifs is 1. The van der Waals surface area contributed by atoms with Gasteiger partial charge in [0.05, 0.1) is 24.5 Å². The van der Waals surface area contributed by atoms with Crippen LogP contribution in [-0.2, 0) is 16.1 Å². The summed E-state index contributed by atoms with van der Waals surface area (Å²) in [6.07, 6.45) is 4.95. The predicted octanol–water partition coefficient (Wildman–Crippen LogP) is 6.51. The van der Waals surface area contributed by atoms with Crippen LogP contribution in [0.2, 0.25) is 0 Å². The number of imide groups is 1. The molecule has 0 saturated carbocycles. The number of halogens is 1. The Bertz CT molecular complexity index is 1720. The quantitative estimate of drug-likeness (QED) is 0.130. The number of para-hydroxylation sites is 1. The van der Waals surface area contributed by atoms with Gasteiger partial charge in [0.1, 0.15) is 12.4 Å². The number of hydrogen-bond donors (Lipinski definition) is 3. The van der Waals surface area contributed by atoms with Crippen LogP contribution in [0, 0.1) is 23.6 Å². The number of aromatic hydroxyl groups is 1. The molecule has 2 fully saturated rings. The highest BCUT2D eigenvalue weighted by molar-refractivity contribution is 6.06. The van der Waals surface area contributed by atoms with Crippen molar-refractivity contribution in [2.75, 3.05) is 26.3 Å². The van der Waals surface area contributed by atoms with Crippen molar-refractivity contribution in [1.29, 1.82) is 0 Å². The molecule has 2 aliphatic heterocycles. The van der Waals surface area contributed by atoms with Gasteiger partial charge in [-0.15, -0.1) is 0 Å². The van der Waals surface area contributed by atoms with Gasteiger partial charge in [-0.25, -0.2) is 4.39 Å². The molecule has 3 aromatic carbocycles. The summed E-state index contributed by atoms with van der Waals surface area (Å²) in [7, 11) is 0. The predicted molar refractivity (Wildman–Crippen MR) is 194 cm³/mol. The second-order valence-corrected chi connectivity index (χ2v) is 14.1. The first-order valence-corrected chi connectivity index (χ1v) is 18.3. The zero-order valence-electron chi connectivity index (χ0n) is 29.3. The van der Waals surface area contributed by atoms with Gasteiger partial charge in [0.2, 0.25) is 11.8 Å². The Kier molecular flexibility index (Phi) is 12.0. The maximum Gasteiger partial charge on any atom is 0.234 e. The second kappa shape index (κ2) is 16.8. The summed E-state index contributed by atoms with van der Waals surface area (Å²) >= 11 is 0. The Morgan fingerprint density at radius 2 is 1.69 bits per heavy atom. The van der Waals surface area contributed by atoms with Gasteiger partial charge in [0, 0.05) is 31.6 Å². The molecule has 270 valence electrons. The molecule has 0 bridgehead atoms. The number of hydrogen-bond acceptors (Lipinski definition) is 7. The fourth-order valence-corrected chi connectivity index (χ4v) is 8.26. The van der Waals surface area contributed by atoms with Gasteiger partial charge in [-0.2, -0.15) is 0 Å². The van der Waals surface area contributed by atoms with E-state index < -0.39 is 35.4 Å². The van der Waals surface area contributed by atoms with E-state index in [0.29, 0.717) is 42.6 Å². The summed E-state index contributed by atoms with van der Waals surface area (Å²) in [6, 6.07) is 23.7. The summed E-state index contributed by atoms with van der Waals surface area (Å²) in [5, 5.41) is 32.4. The number of ether oxygens (including phenoxy) is 1. The molecule has 9 heteroatoms. The Hall–Kier alpha value is -4.31. The van der Waals surface area contributed by atoms with E-state index in [1.165, 1.54) is 22.6 Å². The molecule has 2 amide bonds. The number of rotatable bonds is 14. The number of amides is 2. The zero-order chi connectivity index (χ0) is 35.9. The number of carbonyl (C=O) groups is 2. The van der Waals surface area contributed by atoms with Crippen molar-refractivity contribution in [3.8, 4) is 11.5 Å². The summed E-state index contributed by atoms with van der Waals surface area (Å²) in [6.45, 7) is 4.17. The van der Waals surface area contributed by atoms with Gasteiger partial charge in [-0.1, -0.05) is 79.6 Å². The number of aliphatic hydroxyl groups excluding tert-OH is 2. The number of piperidine rings is 1. The average molecular weight is 697 g/mol. The minimum absolute atomic E-state index is 0.125. The first-order chi connectivity index (χ1) is 24.8. The molecule has 3 aliphatic rings. The second-order valence-electron chi connectivity index (χ2n) is 14.1. The topological polar surface area (TPSA) is 111 Å². The number of allylic oxidation sites excluding steroid dienone is 1. The summed E-state index contributed by atoms with van der Waals surface area (Å²) < 4.78 is 20.2. The number of carbonyl (C=O) groups excluding carboxylic acids is 2. The molecule has 6 rings (SSSR count). The smallest absolute Gasteiger partial charge is 0.234 e. The molecule has 2 heterocycles. The Labute approximate surface area is 299 Å². The number of phenols is 1. The Morgan fingerprint density at radius 3 is 2.35 bits per heavy atom. The Morgan fingerprint density at radius 1 is 0.980 bits per heavy atom. The maximum atomic E-state index is 14.2. The highest BCUT2D eigenvalue weighted by atomic mass is 19.1. The van der Waals surface area contributed by atoms with Crippen LogP contribution in [0.3, 0.4) is 0 Å². The maximum absolute atomic E-state index is 14.2. The van der Waals surface area contributed by atoms with Gasteiger partial charge < -0.3 is 20.1 Å². The number of benzene rings is 3. The molecule has 0 unspecified atom stereocenters. The van der Waals surface area contributed by atoms with Crippen LogP contribution < -0.4 is 4.74 Å². The summed E-state index contributed by atoms with van der Waals surface area (Å²) in [5.74, 6) is -2.99. The summed E-state index contributed by atoms with van der Waals surface area (Å²) in [5.41, 5.74) is 4.19. The average Bonchev–Trinajstić information content (AvgIpc) is 3.40. The highest BCUT2D eigenvalue weighted by Gasteiger charge is 2.56. The Balaban J connectivity index is 1.22. The lowest BCUT2D eigenvalue weighted by molar-refractivity contribution is -0.144. The molecule has 2 saturated heterocycles. The van der Waals surface area contributed by atoms with Crippen molar-refractivity contribution < 1.29 is 34.0 Å². The molecular weight excluding hydrogens is 647 g/mol. The van der Waals surface area contributed by atoms with Gasteiger partial charge >= 0.3 is 0 Å². The van der Waals surface area contributed by atoms with Crippen molar-refractivity contribution >= 4 is 17.9 Å². The lowest BCUT2D eigenvalue weighted by Crippen LogP contribution is -2.47. The van der Waals surface area contributed by atoms with E-state index in [0.717, 1.165) is 43.6 Å². The van der Waals surface area contributed by atoms with Crippen LogP contribution in [0.25, 0.3) is 6.08 Å². The van der Waals surface area contributed by atoms with Gasteiger partial charge in [-0.05, 0) is 85.1 Å². The first-order valence-electron chi connectivity index (χ1n) is 18.3. The standard InChI is InChI=1S/C42H49FN2O6/c1-2-9-28(22-30-15-16-37(47)36(43)23-30)14-17-38(48)39-31(27-51-33-12-7-4-8-13-33)24-34-40(35(39)26-46)42(50)45(41(34)49)32-18-20-44(21-19-32)25-29-10-5-3-6-11-29/h3-8,10-13,15-16,22-23,32,34-35,38,40,46-48H,2,9,14,17-21,24-27H2,1H3/b28-22+/t34-,35+,38-,40-/m1/s1. The largest absolute Gasteiger partial charge is 0.505 e. The zero-order valence-corrected chi connectivity index (χ0v) is 29.3. The normalized spacial score (nSPS) is 22.4. The number of nitrogens with zero attached hydrogens (tertiary/aromatic N) is 2. The molecule has 51 heavy (non-hydrogen) atoms. The van der Waals surface area contributed by atoms with E-state index >= 15 is 0 Å². The van der Waals surface area contributed by atoms with E-state index in [9.17, 15) is 29.3 Å². The molecule has 0 radical (unpaired) electrons. The van der Waals surface area contributed by atoms with Crippen LogP contribution in [0.4, 0.5) is 4.39 Å². The highest BCUT2D eigenvalue weighted by Crippen LogP contribution is 2.47. The van der Waals surface area contributed by atoms with E-state index in [1.54, 1.807) is 6.07 Å². The molecule has 1 aliphatic carbocycles. The van der Waals surface area contributed by atoms with Gasteiger partial charge in [0.15, 0.2) is 11.6 Å². The first kappa shape index (κ1) is 36.5. The van der Waals surface area contributed by atoms with Crippen molar-refractivity contribution in [3.05, 3.63) is 113 Å². The SMILES string of the molecule is CCC/C(=C\c1ccc(O)c(F)c1)CC[C@@H](O)C1=C(COc2ccccc2)C[C@H]2C(=O)N(C3CCN(Cc4ccccc4)CC3)C(=O)[C@H]2[C@H]1CO. The van der Waals surface area contributed by atoms with Crippen molar-refractivity contribution in [2.45, 2.75) is 70.6 Å². The van der Waals surface area contributed by atoms with Gasteiger partial charge in [0.25, 0.3) is 0 Å². The third-order valence-electron chi connectivity index (χ3n) is 10.8. The van der Waals surface area contributed by atoms with Crippen LogP contribution >= 0.6 is 0 Å². The van der Waals surface area contributed by atoms with E-state index in [-0.39, 0.29) is 37.5 Å². The third-order valence-corrected chi connectivity index (χ3v) is 10.8. The third kappa shape index (κ3) is 8.43. The van der Waals surface area contributed by atoms with Crippen LogP contribution in [-0.4, -0.2) is 75.4 Å². The van der Waals surface area contributed by atoms with Crippen molar-refractivity contribution in [3.63, 3.8) is 0 Å². The van der Waals surface area contributed by atoms with Crippen molar-refractivity contribution in [1.82, 2.24) is 9.80 Å². The fraction of sp³-hybridized carbons (Fsp3) is 0.429. The molecule has 4 atom stereocenters. The van der Waals surface area contributed by atoms with Gasteiger partial charge in [-0.3, -0.25) is 19.4 Å².